The summed E-state index contributed by atoms with van der Waals surface area (Å²) >= 11 is 3.39. The summed E-state index contributed by atoms with van der Waals surface area (Å²) in [6.07, 6.45) is 1.44. The minimum Gasteiger partial charge on any atom is -0.481 e. The van der Waals surface area contributed by atoms with E-state index in [1.54, 1.807) is 6.07 Å². The maximum atomic E-state index is 11.7. The van der Waals surface area contributed by atoms with Gasteiger partial charge in [0.25, 0.3) is 0 Å². The molecule has 25 heavy (non-hydrogen) atoms. The minimum absolute atomic E-state index is 0.0613. The maximum absolute atomic E-state index is 11.7. The van der Waals surface area contributed by atoms with Crippen LogP contribution in [-0.4, -0.2) is 35.9 Å². The fourth-order valence-corrected chi connectivity index (χ4v) is 2.47. The molecule has 0 bridgehead atoms. The van der Waals surface area contributed by atoms with Crippen molar-refractivity contribution in [3.63, 3.8) is 0 Å². The maximum Gasteiger partial charge on any atom is 0.374 e. The molecular formula is C17H17BrN2O5. The van der Waals surface area contributed by atoms with E-state index in [4.69, 9.17) is 9.47 Å². The van der Waals surface area contributed by atoms with Crippen LogP contribution in [0.3, 0.4) is 0 Å². The molecule has 1 aromatic heterocycles. The average Bonchev–Trinajstić information content (AvgIpc) is 2.65. The van der Waals surface area contributed by atoms with E-state index in [0.717, 1.165) is 12.7 Å². The van der Waals surface area contributed by atoms with Gasteiger partial charge in [-0.1, -0.05) is 28.1 Å². The summed E-state index contributed by atoms with van der Waals surface area (Å²) in [5.41, 5.74) is 1.55. The number of ketones is 1. The number of alkyl halides is 1. The minimum atomic E-state index is -0.886. The lowest BCUT2D eigenvalue weighted by Crippen LogP contribution is -2.16. The summed E-state index contributed by atoms with van der Waals surface area (Å²) in [6.45, 7) is 0. The summed E-state index contributed by atoms with van der Waals surface area (Å²) < 4.78 is 15.5. The fraction of sp³-hybridized carbons (Fsp3) is 0.294. The Morgan fingerprint density at radius 3 is 2.60 bits per heavy atom. The number of carbonyl (C=O) groups is 2. The molecule has 2 aromatic rings. The van der Waals surface area contributed by atoms with E-state index in [2.05, 4.69) is 30.6 Å². The number of rotatable bonds is 8. The molecule has 1 heterocycles. The Hall–Kier alpha value is -2.48. The van der Waals surface area contributed by atoms with Gasteiger partial charge >= 0.3 is 5.97 Å². The van der Waals surface area contributed by atoms with Gasteiger partial charge in [-0.2, -0.15) is 0 Å². The number of methoxy groups -OCH3 is 2. The Balaban J connectivity index is 2.25. The van der Waals surface area contributed by atoms with Crippen molar-refractivity contribution in [1.29, 1.82) is 0 Å². The number of ether oxygens (including phenoxy) is 3. The lowest BCUT2D eigenvalue weighted by atomic mass is 10.1. The number of carbonyl (C=O) groups excluding carboxylic acids is 2. The first-order valence-electron chi connectivity index (χ1n) is 7.40. The normalized spacial score (nSPS) is 10.2. The number of halogens is 1. The van der Waals surface area contributed by atoms with Crippen LogP contribution in [0.25, 0.3) is 0 Å². The van der Waals surface area contributed by atoms with Crippen molar-refractivity contribution in [2.75, 3.05) is 14.2 Å². The van der Waals surface area contributed by atoms with Crippen molar-refractivity contribution < 1.29 is 23.8 Å². The van der Waals surface area contributed by atoms with E-state index in [1.807, 2.05) is 18.2 Å². The molecule has 0 saturated heterocycles. The number of hydrogen-bond acceptors (Lipinski definition) is 7. The van der Waals surface area contributed by atoms with Crippen LogP contribution in [0, 0.1) is 0 Å². The van der Waals surface area contributed by atoms with E-state index in [1.165, 1.54) is 13.4 Å². The summed E-state index contributed by atoms with van der Waals surface area (Å²) in [7, 11) is 2.63. The molecule has 0 saturated carbocycles. The number of nitrogens with zero attached hydrogens (tertiary/aromatic N) is 2. The lowest BCUT2D eigenvalue weighted by Gasteiger charge is -2.12. The Morgan fingerprint density at radius 2 is 1.92 bits per heavy atom. The van der Waals surface area contributed by atoms with Gasteiger partial charge in [0.1, 0.15) is 12.1 Å². The average molecular weight is 409 g/mol. The topological polar surface area (TPSA) is 87.6 Å². The molecule has 0 fully saturated rings. The zero-order chi connectivity index (χ0) is 18.2. The van der Waals surface area contributed by atoms with Gasteiger partial charge in [0.15, 0.2) is 0 Å². The van der Waals surface area contributed by atoms with Gasteiger partial charge in [-0.3, -0.25) is 4.79 Å². The van der Waals surface area contributed by atoms with Crippen molar-refractivity contribution in [2.45, 2.75) is 18.2 Å². The lowest BCUT2D eigenvalue weighted by molar-refractivity contribution is -0.151. The van der Waals surface area contributed by atoms with Crippen LogP contribution in [0.4, 0.5) is 0 Å². The van der Waals surface area contributed by atoms with Crippen molar-refractivity contribution in [1.82, 2.24) is 9.97 Å². The van der Waals surface area contributed by atoms with Gasteiger partial charge in [-0.05, 0) is 24.1 Å². The molecule has 0 radical (unpaired) electrons. The Bertz CT molecular complexity index is 766. The van der Waals surface area contributed by atoms with Crippen molar-refractivity contribution in [3.8, 4) is 17.5 Å². The SMILES string of the molecule is COC(=O)C(=O)CCc1c(OC)ncnc1Oc1cccc(CBr)c1. The molecule has 1 aromatic carbocycles. The zero-order valence-corrected chi connectivity index (χ0v) is 15.4. The Kier molecular flexibility index (Phi) is 6.88. The van der Waals surface area contributed by atoms with Gasteiger partial charge in [0.2, 0.25) is 17.5 Å². The third-order valence-electron chi connectivity index (χ3n) is 3.34. The van der Waals surface area contributed by atoms with Crippen LogP contribution in [0.5, 0.6) is 17.5 Å². The van der Waals surface area contributed by atoms with Crippen molar-refractivity contribution in [3.05, 3.63) is 41.7 Å². The van der Waals surface area contributed by atoms with E-state index < -0.39 is 11.8 Å². The number of benzene rings is 1. The second-order valence-electron chi connectivity index (χ2n) is 4.96. The Morgan fingerprint density at radius 1 is 1.16 bits per heavy atom. The van der Waals surface area contributed by atoms with Crippen LogP contribution in [0.15, 0.2) is 30.6 Å². The summed E-state index contributed by atoms with van der Waals surface area (Å²) in [6, 6.07) is 7.49. The second kappa shape index (κ2) is 9.12. The smallest absolute Gasteiger partial charge is 0.374 e. The monoisotopic (exact) mass is 408 g/mol. The van der Waals surface area contributed by atoms with Crippen molar-refractivity contribution >= 4 is 27.7 Å². The highest BCUT2D eigenvalue weighted by Crippen LogP contribution is 2.30. The van der Waals surface area contributed by atoms with E-state index >= 15 is 0 Å². The third kappa shape index (κ3) is 4.99. The van der Waals surface area contributed by atoms with Crippen LogP contribution >= 0.6 is 15.9 Å². The third-order valence-corrected chi connectivity index (χ3v) is 3.99. The highest BCUT2D eigenvalue weighted by molar-refractivity contribution is 9.08. The first-order chi connectivity index (χ1) is 12.1. The first kappa shape index (κ1) is 18.9. The van der Waals surface area contributed by atoms with Crippen LogP contribution in [0.2, 0.25) is 0 Å². The quantitative estimate of drug-likeness (QED) is 0.376. The summed E-state index contributed by atoms with van der Waals surface area (Å²) in [5, 5.41) is 0.692. The molecule has 0 aliphatic carbocycles. The zero-order valence-electron chi connectivity index (χ0n) is 13.8. The highest BCUT2D eigenvalue weighted by atomic mass is 79.9. The molecule has 0 aliphatic heterocycles. The van der Waals surface area contributed by atoms with Gasteiger partial charge < -0.3 is 14.2 Å². The molecule has 0 amide bonds. The molecule has 0 aliphatic rings. The standard InChI is InChI=1S/C17H17BrN2O5/c1-23-15-13(6-7-14(21)17(22)24-2)16(20-10-19-15)25-12-5-3-4-11(8-12)9-18/h3-5,8,10H,6-7,9H2,1-2H3. The molecule has 0 atom stereocenters. The van der Waals surface area contributed by atoms with E-state index in [-0.39, 0.29) is 18.7 Å². The molecular weight excluding hydrogens is 392 g/mol. The predicted octanol–water partition coefficient (Wildman–Crippen LogP) is 2.85. The number of Topliss-reactive ketones (excluding diaryl/α,β-unsaturated/α-hetero) is 1. The molecule has 7 nitrogen and oxygen atoms in total. The van der Waals surface area contributed by atoms with Gasteiger partial charge in [0, 0.05) is 11.8 Å². The van der Waals surface area contributed by atoms with Gasteiger partial charge in [0.05, 0.1) is 19.8 Å². The molecule has 0 unspecified atom stereocenters. The summed E-state index contributed by atoms with van der Waals surface area (Å²) in [4.78, 5) is 31.1. The van der Waals surface area contributed by atoms with Crippen LogP contribution in [0.1, 0.15) is 17.5 Å². The number of aromatic nitrogens is 2. The highest BCUT2D eigenvalue weighted by Gasteiger charge is 2.19. The number of hydrogen-bond donors (Lipinski definition) is 0. The summed E-state index contributed by atoms with van der Waals surface area (Å²) in [5.74, 6) is -0.363. The fourth-order valence-electron chi connectivity index (χ4n) is 2.12. The second-order valence-corrected chi connectivity index (χ2v) is 5.53. The molecule has 132 valence electrons. The first-order valence-corrected chi connectivity index (χ1v) is 8.53. The molecule has 0 spiro atoms. The van der Waals surface area contributed by atoms with Gasteiger partial charge in [-0.25, -0.2) is 14.8 Å². The number of esters is 1. The molecule has 8 heteroatoms. The largest absolute Gasteiger partial charge is 0.481 e. The van der Waals surface area contributed by atoms with Crippen molar-refractivity contribution in [2.24, 2.45) is 0 Å². The van der Waals surface area contributed by atoms with Crippen LogP contribution in [-0.2, 0) is 26.1 Å². The Labute approximate surface area is 153 Å². The van der Waals surface area contributed by atoms with Gasteiger partial charge in [-0.15, -0.1) is 0 Å². The molecule has 0 N–H and O–H groups in total. The van der Waals surface area contributed by atoms with E-state index in [9.17, 15) is 9.59 Å². The van der Waals surface area contributed by atoms with Crippen LogP contribution < -0.4 is 9.47 Å². The van der Waals surface area contributed by atoms with E-state index in [0.29, 0.717) is 22.5 Å². The predicted molar refractivity (Wildman–Crippen MR) is 93.1 cm³/mol. The molecule has 2 rings (SSSR count).